The topological polar surface area (TPSA) is 40.1 Å². The highest BCUT2D eigenvalue weighted by Crippen LogP contribution is 2.51. The van der Waals surface area contributed by atoms with Crippen LogP contribution in [0.4, 0.5) is 34.1 Å². The van der Waals surface area contributed by atoms with E-state index in [1.165, 1.54) is 38.6 Å². The first-order valence-electron chi connectivity index (χ1n) is 39.5. The lowest BCUT2D eigenvalue weighted by atomic mass is 9.33. The third kappa shape index (κ3) is 11.5. The lowest BCUT2D eigenvalue weighted by Crippen LogP contribution is -2.61. The van der Waals surface area contributed by atoms with Crippen LogP contribution in [0.3, 0.4) is 0 Å². The fraction of sp³-hybridized carbons (Fsp3) is 0.202. The third-order valence-electron chi connectivity index (χ3n) is 22.1. The molecule has 0 N–H and O–H groups in total. The van der Waals surface area contributed by atoms with Crippen LogP contribution in [0.5, 0.6) is 0 Å². The molecule has 17 rings (SSSR count). The van der Waals surface area contributed by atoms with E-state index in [1.807, 2.05) is 30.3 Å². The lowest BCUT2D eigenvalue weighted by molar-refractivity contribution is 0.569. The summed E-state index contributed by atoms with van der Waals surface area (Å²) < 4.78 is 50.9. The third-order valence-corrected chi connectivity index (χ3v) is 22.1. The Morgan fingerprint density at radius 3 is 1.29 bits per heavy atom. The van der Waals surface area contributed by atoms with Crippen molar-refractivity contribution < 1.29 is 6.85 Å². The van der Waals surface area contributed by atoms with Crippen molar-refractivity contribution in [2.24, 2.45) is 0 Å². The van der Waals surface area contributed by atoms with Crippen LogP contribution in [0.15, 0.2) is 273 Å². The number of nitrogens with zero attached hydrogens (tertiary/aromatic N) is 5. The number of fused-ring (bicyclic) bond motifs is 10. The van der Waals surface area contributed by atoms with Crippen LogP contribution < -0.4 is 26.2 Å². The highest BCUT2D eigenvalue weighted by atomic mass is 15.2. The Bertz CT molecular complexity index is 6210. The fourth-order valence-electron chi connectivity index (χ4n) is 16.3. The molecule has 4 heterocycles. The Morgan fingerprint density at radius 1 is 0.295 bits per heavy atom. The number of hydrogen-bond donors (Lipinski definition) is 0. The Balaban J connectivity index is 1.04. The average molecular weight is 1370 g/mol. The summed E-state index contributed by atoms with van der Waals surface area (Å²) in [4.78, 5) is 4.88. The first kappa shape index (κ1) is 61.1. The van der Waals surface area contributed by atoms with E-state index in [1.54, 1.807) is 0 Å². The molecule has 2 aromatic heterocycles. The summed E-state index contributed by atoms with van der Waals surface area (Å²) in [5, 5.41) is 16.0. The number of rotatable bonds is 8. The van der Waals surface area contributed by atoms with Gasteiger partial charge in [0.15, 0.2) is 0 Å². The number of anilines is 6. The quantitative estimate of drug-likeness (QED) is 0.142. The second-order valence-corrected chi connectivity index (χ2v) is 34.3. The molecule has 2 aliphatic rings. The van der Waals surface area contributed by atoms with E-state index in [9.17, 15) is 8.00 Å². The highest BCUT2D eigenvalue weighted by molar-refractivity contribution is 7.00. The zero-order valence-corrected chi connectivity index (χ0v) is 62.9. The summed E-state index contributed by atoms with van der Waals surface area (Å²) in [6.07, 6.45) is 0. The molecule has 0 saturated heterocycles. The summed E-state index contributed by atoms with van der Waals surface area (Å²) in [6.45, 7) is 33.8. The van der Waals surface area contributed by atoms with Crippen molar-refractivity contribution in [1.82, 2.24) is 9.13 Å². The Labute approximate surface area is 627 Å². The summed E-state index contributed by atoms with van der Waals surface area (Å²) in [6, 6.07) is 89.9. The maximum Gasteiger partial charge on any atom is 0.252 e. The monoisotopic (exact) mass is 1360 g/mol. The smallest absolute Gasteiger partial charge is 0.252 e. The Morgan fingerprint density at radius 2 is 0.733 bits per heavy atom. The summed E-state index contributed by atoms with van der Waals surface area (Å²) in [5.41, 5.74) is 27.0. The summed E-state index contributed by atoms with van der Waals surface area (Å²) in [5.74, 6) is 0. The van der Waals surface area contributed by atoms with Gasteiger partial charge in [-0.15, -0.1) is 0 Å². The van der Waals surface area contributed by atoms with Crippen molar-refractivity contribution in [2.45, 2.75) is 131 Å². The number of aromatic nitrogens is 2. The number of hydrogen-bond acceptors (Lipinski definition) is 3. The molecule has 0 spiro atoms. The number of benzene rings is 13. The fourth-order valence-corrected chi connectivity index (χ4v) is 16.3. The van der Waals surface area contributed by atoms with Gasteiger partial charge in [0.05, 0.1) is 40.2 Å². The van der Waals surface area contributed by atoms with Gasteiger partial charge in [0.1, 0.15) is 6.07 Å². The van der Waals surface area contributed by atoms with Crippen LogP contribution in [0.2, 0.25) is 0 Å². The van der Waals surface area contributed by atoms with Crippen molar-refractivity contribution in [3.8, 4) is 62.0 Å². The van der Waals surface area contributed by atoms with E-state index < -0.39 is 24.8 Å². The Kier molecular flexibility index (Phi) is 14.2. The predicted octanol–water partition coefficient (Wildman–Crippen LogP) is 25.0. The van der Waals surface area contributed by atoms with Gasteiger partial charge in [-0.1, -0.05) is 274 Å². The average Bonchev–Trinajstić information content (AvgIpc) is 0.781. The van der Waals surface area contributed by atoms with Gasteiger partial charge in [0, 0.05) is 61.4 Å². The minimum absolute atomic E-state index is 0.0655. The molecule has 15 aromatic rings. The van der Waals surface area contributed by atoms with Crippen LogP contribution in [-0.2, 0) is 27.1 Å². The molecule has 0 radical (unpaired) electrons. The standard InChI is InChI=1S/C99H90BN5/c1-95(2,3)71-38-34-64(35-39-71)68-48-67(63-28-20-17-21-29-63)51-78(52-68)104-91-60-77(102-87-46-40-72(96(4,5)6)57-81(87)82-58-73(97(7,8)9)41-47-88(82)102)43-45-84(91)100-83-44-37-65(62-26-18-16-19-27-62)53-90(83)103(92-54-70(55-93(104)94(92)100)69-49-74(98(10,11)12)56-75(50-69)99(13,14)15)76-42-36-66(61-101)89(59-76)105-85-32-24-22-30-79(85)80-31-23-25-33-86(80)105/h16-60H,1-15H3/i16D,18D,19D,26D,27D. The van der Waals surface area contributed by atoms with Gasteiger partial charge < -0.3 is 18.9 Å². The number of nitriles is 1. The molecule has 13 aromatic carbocycles. The van der Waals surface area contributed by atoms with E-state index in [2.05, 4.69) is 341 Å². The van der Waals surface area contributed by atoms with Crippen molar-refractivity contribution in [3.05, 3.63) is 306 Å². The van der Waals surface area contributed by atoms with E-state index in [0.717, 1.165) is 122 Å². The van der Waals surface area contributed by atoms with E-state index in [-0.39, 0.29) is 44.7 Å². The first-order valence-corrected chi connectivity index (χ1v) is 37.0. The molecule has 0 bridgehead atoms. The van der Waals surface area contributed by atoms with E-state index in [4.69, 9.17) is 4.11 Å². The summed E-state index contributed by atoms with van der Waals surface area (Å²) in [7, 11) is 0. The van der Waals surface area contributed by atoms with Crippen LogP contribution in [-0.4, -0.2) is 15.8 Å². The van der Waals surface area contributed by atoms with Gasteiger partial charge >= 0.3 is 0 Å². The first-order chi connectivity index (χ1) is 52.2. The van der Waals surface area contributed by atoms with Gasteiger partial charge in [-0.25, -0.2) is 0 Å². The van der Waals surface area contributed by atoms with Crippen LogP contribution >= 0.6 is 0 Å². The molecule has 0 saturated carbocycles. The second kappa shape index (κ2) is 24.4. The maximum absolute atomic E-state index is 11.4. The van der Waals surface area contributed by atoms with Gasteiger partial charge in [0.25, 0.3) is 6.71 Å². The molecule has 0 aliphatic carbocycles. The zero-order valence-electron chi connectivity index (χ0n) is 67.9. The van der Waals surface area contributed by atoms with Crippen LogP contribution in [0, 0.1) is 11.3 Å². The molecule has 0 amide bonds. The number of para-hydroxylation sites is 2. The van der Waals surface area contributed by atoms with Crippen molar-refractivity contribution in [1.29, 1.82) is 5.26 Å². The van der Waals surface area contributed by atoms with Crippen LogP contribution in [0.1, 0.15) is 144 Å². The molecule has 105 heavy (non-hydrogen) atoms. The summed E-state index contributed by atoms with van der Waals surface area (Å²) >= 11 is 0. The molecule has 0 unspecified atom stereocenters. The molecular formula is C99H90BN5. The van der Waals surface area contributed by atoms with E-state index in [0.29, 0.717) is 16.8 Å². The van der Waals surface area contributed by atoms with Gasteiger partial charge in [-0.05, 0) is 219 Å². The van der Waals surface area contributed by atoms with Crippen LogP contribution in [0.25, 0.3) is 99.5 Å². The largest absolute Gasteiger partial charge is 0.311 e. The molecule has 514 valence electrons. The molecule has 0 fully saturated rings. The van der Waals surface area contributed by atoms with Gasteiger partial charge in [-0.2, -0.15) is 5.26 Å². The van der Waals surface area contributed by atoms with Crippen molar-refractivity contribution in [3.63, 3.8) is 0 Å². The van der Waals surface area contributed by atoms with Gasteiger partial charge in [-0.3, -0.25) is 0 Å². The van der Waals surface area contributed by atoms with Crippen molar-refractivity contribution in [2.75, 3.05) is 9.80 Å². The maximum atomic E-state index is 11.4. The predicted molar refractivity (Wildman–Crippen MR) is 449 cm³/mol. The molecular weight excluding hydrogens is 1270 g/mol. The minimum atomic E-state index is -0.459. The molecule has 2 aliphatic heterocycles. The SMILES string of the molecule is [2H]c1c([2H])c([2H])c(-c2ccc3c(c2)N(c2ccc(C#N)c(-n4c5ccccc5c5ccccc54)c2)c2cc(-c4cc(C(C)(C)C)cc(C(C)(C)C)c4)cc4c2B3c2ccc(-n3c5ccc(C(C)(C)C)cc5c5cc(C(C)(C)C)ccc53)cc2N4c2cc(-c3ccccc3)cc(-c3ccc(C(C)(C)C)cc3)c2)c([2H])c1[2H]. The lowest BCUT2D eigenvalue weighted by Gasteiger charge is -2.45. The van der Waals surface area contributed by atoms with Gasteiger partial charge in [0.2, 0.25) is 0 Å². The highest BCUT2D eigenvalue weighted by Gasteiger charge is 2.45. The minimum Gasteiger partial charge on any atom is -0.311 e. The van der Waals surface area contributed by atoms with E-state index >= 15 is 0 Å². The molecule has 5 nitrogen and oxygen atoms in total. The second-order valence-electron chi connectivity index (χ2n) is 34.3. The molecule has 6 heteroatoms. The van der Waals surface area contributed by atoms with Crippen molar-refractivity contribution >= 4 is 101 Å². The Hall–Kier alpha value is -11.4. The molecule has 0 atom stereocenters. The normalized spacial score (nSPS) is 13.9. The zero-order chi connectivity index (χ0) is 77.3.